The average molecular weight is 363 g/mol. The van der Waals surface area contributed by atoms with Gasteiger partial charge in [0.25, 0.3) is 5.82 Å². The summed E-state index contributed by atoms with van der Waals surface area (Å²) in [5.74, 6) is 2.43. The summed E-state index contributed by atoms with van der Waals surface area (Å²) in [4.78, 5) is 5.15. The molecule has 0 spiro atoms. The second-order valence-electron chi connectivity index (χ2n) is 8.90. The average Bonchev–Trinajstić information content (AvgIpc) is 2.95. The molecule has 0 aliphatic carbocycles. The van der Waals surface area contributed by atoms with Crippen molar-refractivity contribution >= 4 is 0 Å². The molecule has 0 saturated carbocycles. The summed E-state index contributed by atoms with van der Waals surface area (Å²) in [5.41, 5.74) is 6.05. The zero-order valence-electron chi connectivity index (χ0n) is 18.0. The van der Waals surface area contributed by atoms with Gasteiger partial charge in [-0.15, -0.1) is 9.36 Å². The lowest BCUT2D eigenvalue weighted by Gasteiger charge is -2.21. The first kappa shape index (κ1) is 19.3. The van der Waals surface area contributed by atoms with Gasteiger partial charge in [-0.3, -0.25) is 0 Å². The largest absolute Gasteiger partial charge is 0.352 e. The van der Waals surface area contributed by atoms with Gasteiger partial charge in [0.2, 0.25) is 0 Å². The molecule has 3 aromatic rings. The van der Waals surface area contributed by atoms with Crippen molar-refractivity contribution in [2.24, 2.45) is 0 Å². The van der Waals surface area contributed by atoms with Gasteiger partial charge in [0.1, 0.15) is 5.54 Å². The highest BCUT2D eigenvalue weighted by Crippen LogP contribution is 2.26. The number of benzene rings is 2. The predicted octanol–water partition coefficient (Wildman–Crippen LogP) is 5.63. The molecule has 0 saturated heterocycles. The normalized spacial score (nSPS) is 12.0. The zero-order chi connectivity index (χ0) is 19.9. The summed E-state index contributed by atoms with van der Waals surface area (Å²) in [5, 5.41) is 0. The number of nitrogens with zero attached hydrogens (tertiary/aromatic N) is 3. The standard InChI is InChI=1S/C24H32N3/c1-16(2)22-25-23(20-11-9-10-17(3)15-20)27(24(6,7)8)26(22)21-13-12-18(4)14-19(21)5/h9-16H,1-8H3/q+1. The van der Waals surface area contributed by atoms with Crippen LogP contribution in [0.25, 0.3) is 17.1 Å². The van der Waals surface area contributed by atoms with E-state index in [0.29, 0.717) is 5.92 Å². The van der Waals surface area contributed by atoms with Crippen molar-refractivity contribution in [3.63, 3.8) is 0 Å². The number of hydrogen-bond donors (Lipinski definition) is 0. The van der Waals surface area contributed by atoms with Crippen molar-refractivity contribution in [2.75, 3.05) is 0 Å². The molecule has 0 amide bonds. The van der Waals surface area contributed by atoms with Crippen molar-refractivity contribution in [2.45, 2.75) is 66.8 Å². The van der Waals surface area contributed by atoms with Crippen LogP contribution in [-0.4, -0.2) is 9.67 Å². The van der Waals surface area contributed by atoms with Crippen molar-refractivity contribution in [1.82, 2.24) is 9.67 Å². The van der Waals surface area contributed by atoms with E-state index in [2.05, 4.69) is 107 Å². The van der Waals surface area contributed by atoms with Crippen LogP contribution in [0.5, 0.6) is 0 Å². The highest BCUT2D eigenvalue weighted by atomic mass is 15.5. The highest BCUT2D eigenvalue weighted by molar-refractivity contribution is 5.54. The van der Waals surface area contributed by atoms with Crippen LogP contribution in [0.15, 0.2) is 42.5 Å². The topological polar surface area (TPSA) is 21.7 Å². The van der Waals surface area contributed by atoms with Gasteiger partial charge in [0, 0.05) is 5.92 Å². The molecule has 3 nitrogen and oxygen atoms in total. The number of aromatic nitrogens is 3. The Morgan fingerprint density at radius 1 is 0.926 bits per heavy atom. The maximum Gasteiger partial charge on any atom is 0.352 e. The molecule has 0 bridgehead atoms. The number of hydrogen-bond acceptors (Lipinski definition) is 1. The smallest absolute Gasteiger partial charge is 0.144 e. The van der Waals surface area contributed by atoms with Crippen LogP contribution in [0.2, 0.25) is 0 Å². The Balaban J connectivity index is 2.41. The molecule has 0 atom stereocenters. The summed E-state index contributed by atoms with van der Waals surface area (Å²) in [7, 11) is 0. The van der Waals surface area contributed by atoms with Gasteiger partial charge in [0.15, 0.2) is 0 Å². The molecule has 0 aliphatic rings. The zero-order valence-corrected chi connectivity index (χ0v) is 18.0. The van der Waals surface area contributed by atoms with E-state index in [9.17, 15) is 0 Å². The Labute approximate surface area is 163 Å². The molecule has 0 aliphatic heterocycles. The van der Waals surface area contributed by atoms with Gasteiger partial charge in [-0.25, -0.2) is 0 Å². The Morgan fingerprint density at radius 2 is 1.59 bits per heavy atom. The van der Waals surface area contributed by atoms with Crippen molar-refractivity contribution in [3.8, 4) is 17.1 Å². The van der Waals surface area contributed by atoms with Crippen LogP contribution < -0.4 is 4.68 Å². The van der Waals surface area contributed by atoms with E-state index < -0.39 is 0 Å². The van der Waals surface area contributed by atoms with E-state index in [-0.39, 0.29) is 5.54 Å². The molecule has 142 valence electrons. The van der Waals surface area contributed by atoms with E-state index >= 15 is 0 Å². The van der Waals surface area contributed by atoms with Gasteiger partial charge in [-0.2, -0.15) is 0 Å². The third-order valence-electron chi connectivity index (χ3n) is 4.85. The minimum Gasteiger partial charge on any atom is -0.144 e. The lowest BCUT2D eigenvalue weighted by Crippen LogP contribution is -2.57. The maximum atomic E-state index is 5.15. The van der Waals surface area contributed by atoms with Crippen LogP contribution >= 0.6 is 0 Å². The third kappa shape index (κ3) is 3.69. The van der Waals surface area contributed by atoms with Gasteiger partial charge in [0.05, 0.1) is 11.3 Å². The van der Waals surface area contributed by atoms with Crippen LogP contribution in [0, 0.1) is 20.8 Å². The highest BCUT2D eigenvalue weighted by Gasteiger charge is 2.36. The molecule has 0 fully saturated rings. The SMILES string of the molecule is Cc1cccc(-c2nc(C(C)C)n(-c3ccc(C)cc3C)[n+]2C(C)(C)C)c1. The summed E-state index contributed by atoms with van der Waals surface area (Å²) >= 11 is 0. The molecule has 0 N–H and O–H groups in total. The van der Waals surface area contributed by atoms with E-state index in [1.54, 1.807) is 0 Å². The van der Waals surface area contributed by atoms with Gasteiger partial charge >= 0.3 is 5.82 Å². The minimum absolute atomic E-state index is 0.115. The molecule has 3 rings (SSSR count). The quantitative estimate of drug-likeness (QED) is 0.553. The second-order valence-corrected chi connectivity index (χ2v) is 8.90. The van der Waals surface area contributed by atoms with Gasteiger partial charge in [-0.1, -0.05) is 49.2 Å². The monoisotopic (exact) mass is 362 g/mol. The van der Waals surface area contributed by atoms with Gasteiger partial charge < -0.3 is 0 Å². The molecular weight excluding hydrogens is 330 g/mol. The van der Waals surface area contributed by atoms with Crippen molar-refractivity contribution in [1.29, 1.82) is 0 Å². The summed E-state index contributed by atoms with van der Waals surface area (Å²) in [6.07, 6.45) is 0. The van der Waals surface area contributed by atoms with Crippen LogP contribution in [0.1, 0.15) is 63.1 Å². The second kappa shape index (κ2) is 6.95. The van der Waals surface area contributed by atoms with E-state index in [1.165, 1.54) is 22.4 Å². The molecule has 0 radical (unpaired) electrons. The molecule has 3 heteroatoms. The predicted molar refractivity (Wildman–Crippen MR) is 112 cm³/mol. The fraction of sp³-hybridized carbons (Fsp3) is 0.417. The van der Waals surface area contributed by atoms with Gasteiger partial charge in [-0.05, 0) is 70.3 Å². The maximum absolute atomic E-state index is 5.15. The molecule has 0 unspecified atom stereocenters. The Hall–Kier alpha value is -2.42. The summed E-state index contributed by atoms with van der Waals surface area (Å²) in [6, 6.07) is 15.3. The lowest BCUT2D eigenvalue weighted by atomic mass is 10.1. The lowest BCUT2D eigenvalue weighted by molar-refractivity contribution is -0.809. The van der Waals surface area contributed by atoms with Crippen LogP contribution in [0.4, 0.5) is 0 Å². The summed E-state index contributed by atoms with van der Waals surface area (Å²) < 4.78 is 4.69. The van der Waals surface area contributed by atoms with Crippen LogP contribution in [0.3, 0.4) is 0 Å². The summed E-state index contributed by atoms with van der Waals surface area (Å²) in [6.45, 7) is 17.6. The molecule has 1 heterocycles. The van der Waals surface area contributed by atoms with Crippen molar-refractivity contribution in [3.05, 3.63) is 65.0 Å². The van der Waals surface area contributed by atoms with E-state index in [1.807, 2.05) is 0 Å². The Kier molecular flexibility index (Phi) is 4.98. The molecule has 27 heavy (non-hydrogen) atoms. The Morgan fingerprint density at radius 3 is 2.15 bits per heavy atom. The van der Waals surface area contributed by atoms with Crippen LogP contribution in [-0.2, 0) is 5.54 Å². The first-order valence-corrected chi connectivity index (χ1v) is 9.79. The number of rotatable bonds is 3. The first-order chi connectivity index (χ1) is 12.6. The molecule has 2 aromatic carbocycles. The Bertz CT molecular complexity index is 972. The molecule has 1 aromatic heterocycles. The fourth-order valence-corrected chi connectivity index (χ4v) is 3.64. The van der Waals surface area contributed by atoms with E-state index in [4.69, 9.17) is 4.98 Å². The van der Waals surface area contributed by atoms with E-state index in [0.717, 1.165) is 17.2 Å². The first-order valence-electron chi connectivity index (χ1n) is 9.79. The third-order valence-corrected chi connectivity index (χ3v) is 4.85. The number of aryl methyl sites for hydroxylation is 3. The van der Waals surface area contributed by atoms with Crippen molar-refractivity contribution < 1.29 is 4.68 Å². The minimum atomic E-state index is -0.115. The fourth-order valence-electron chi connectivity index (χ4n) is 3.64. The molecular formula is C24H32N3+.